The number of carbonyl (C=O) groups is 4. The summed E-state index contributed by atoms with van der Waals surface area (Å²) in [4.78, 5) is 52.4. The molecule has 0 saturated heterocycles. The Morgan fingerprint density at radius 3 is 2.02 bits per heavy atom. The molecule has 0 aromatic heterocycles. The Labute approximate surface area is 254 Å². The average molecular weight is 611 g/mol. The van der Waals surface area contributed by atoms with Gasteiger partial charge in [0.15, 0.2) is 0 Å². The van der Waals surface area contributed by atoms with Gasteiger partial charge in [-0.05, 0) is 56.5 Å². The van der Waals surface area contributed by atoms with Gasteiger partial charge < -0.3 is 21.3 Å². The highest BCUT2D eigenvalue weighted by Crippen LogP contribution is 2.11. The normalized spacial score (nSPS) is 12.5. The van der Waals surface area contributed by atoms with Crippen LogP contribution in [0.3, 0.4) is 0 Å². The first kappa shape index (κ1) is 33.8. The highest BCUT2D eigenvalue weighted by molar-refractivity contribution is 5.95. The molecule has 3 rings (SSSR count). The Hall–Kier alpha value is -4.67. The van der Waals surface area contributed by atoms with Crippen LogP contribution in [0.5, 0.6) is 0 Å². The van der Waals surface area contributed by atoms with E-state index in [1.54, 1.807) is 20.8 Å². The molecule has 0 spiro atoms. The lowest BCUT2D eigenvalue weighted by atomic mass is 10.0. The van der Waals surface area contributed by atoms with Crippen LogP contribution in [0, 0.1) is 17.5 Å². The number of hydrogen-bond acceptors (Lipinski definition) is 4. The molecular formula is C33H37F3N4O4. The summed E-state index contributed by atoms with van der Waals surface area (Å²) in [6.45, 7) is 5.01. The summed E-state index contributed by atoms with van der Waals surface area (Å²) >= 11 is 0. The minimum absolute atomic E-state index is 0.0222. The third kappa shape index (κ3) is 11.5. The van der Waals surface area contributed by atoms with E-state index in [1.165, 1.54) is 30.3 Å². The SMILES string of the molecule is CC(C)(C)NC(=O)C[C@H](NC(=O)CCc1ccccc1)C(=O)N[C@@H](Cc1ccc(F)cc1)C(=O)NCc1ccc(F)cc1F. The fourth-order valence-electron chi connectivity index (χ4n) is 4.34. The van der Waals surface area contributed by atoms with Crippen molar-refractivity contribution in [1.82, 2.24) is 21.3 Å². The van der Waals surface area contributed by atoms with Crippen LogP contribution in [0.4, 0.5) is 13.2 Å². The number of aryl methyl sites for hydroxylation is 1. The Bertz CT molecular complexity index is 1440. The van der Waals surface area contributed by atoms with Gasteiger partial charge in [-0.25, -0.2) is 13.2 Å². The van der Waals surface area contributed by atoms with E-state index in [0.29, 0.717) is 18.1 Å². The highest BCUT2D eigenvalue weighted by Gasteiger charge is 2.30. The molecule has 0 heterocycles. The van der Waals surface area contributed by atoms with Crippen LogP contribution in [0.1, 0.15) is 50.3 Å². The largest absolute Gasteiger partial charge is 0.351 e. The highest BCUT2D eigenvalue weighted by atomic mass is 19.1. The molecule has 0 radical (unpaired) electrons. The molecule has 0 aliphatic heterocycles. The molecule has 4 amide bonds. The minimum Gasteiger partial charge on any atom is -0.351 e. The first-order valence-corrected chi connectivity index (χ1v) is 14.2. The Balaban J connectivity index is 1.78. The van der Waals surface area contributed by atoms with Gasteiger partial charge in [-0.1, -0.05) is 48.5 Å². The first-order chi connectivity index (χ1) is 20.8. The van der Waals surface area contributed by atoms with Crippen molar-refractivity contribution in [2.24, 2.45) is 0 Å². The molecule has 44 heavy (non-hydrogen) atoms. The zero-order chi connectivity index (χ0) is 32.3. The van der Waals surface area contributed by atoms with E-state index in [4.69, 9.17) is 0 Å². The van der Waals surface area contributed by atoms with Gasteiger partial charge in [-0.15, -0.1) is 0 Å². The maximum Gasteiger partial charge on any atom is 0.243 e. The second-order valence-electron chi connectivity index (χ2n) is 11.5. The monoisotopic (exact) mass is 610 g/mol. The molecule has 4 N–H and O–H groups in total. The lowest BCUT2D eigenvalue weighted by molar-refractivity contribution is -0.134. The smallest absolute Gasteiger partial charge is 0.243 e. The van der Waals surface area contributed by atoms with Gasteiger partial charge in [0.05, 0.1) is 6.42 Å². The Kier molecular flexibility index (Phi) is 12.1. The fraction of sp³-hybridized carbons (Fsp3) is 0.333. The first-order valence-electron chi connectivity index (χ1n) is 14.2. The maximum absolute atomic E-state index is 14.2. The van der Waals surface area contributed by atoms with E-state index in [9.17, 15) is 32.3 Å². The van der Waals surface area contributed by atoms with Gasteiger partial charge in [-0.3, -0.25) is 19.2 Å². The molecule has 0 unspecified atom stereocenters. The van der Waals surface area contributed by atoms with E-state index in [0.717, 1.165) is 11.6 Å². The second-order valence-corrected chi connectivity index (χ2v) is 11.5. The van der Waals surface area contributed by atoms with Gasteiger partial charge in [0.1, 0.15) is 29.5 Å². The molecular weight excluding hydrogens is 573 g/mol. The molecule has 0 aliphatic rings. The average Bonchev–Trinajstić information content (AvgIpc) is 2.95. The van der Waals surface area contributed by atoms with E-state index >= 15 is 0 Å². The molecule has 0 bridgehead atoms. The molecule has 234 valence electrons. The quantitative estimate of drug-likeness (QED) is 0.235. The number of nitrogens with one attached hydrogen (secondary N) is 4. The standard InChI is InChI=1S/C33H37F3N4O4/c1-33(2,3)40-30(42)19-28(38-29(41)16-11-21-7-5-4-6-8-21)32(44)39-27(17-22-9-13-24(34)14-10-22)31(43)37-20-23-12-15-25(35)18-26(23)36/h4-10,12-15,18,27-28H,11,16-17,19-20H2,1-3H3,(H,37,43)(H,38,41)(H,39,44)(H,40,42)/t27-,28-/m0/s1. The second kappa shape index (κ2) is 15.7. The van der Waals surface area contributed by atoms with Crippen LogP contribution in [-0.4, -0.2) is 41.3 Å². The Morgan fingerprint density at radius 1 is 0.727 bits per heavy atom. The van der Waals surface area contributed by atoms with E-state index in [-0.39, 0.29) is 24.9 Å². The van der Waals surface area contributed by atoms with Crippen LogP contribution in [0.2, 0.25) is 0 Å². The summed E-state index contributed by atoms with van der Waals surface area (Å²) in [6, 6.07) is 14.9. The maximum atomic E-state index is 14.2. The van der Waals surface area contributed by atoms with Crippen LogP contribution in [0.15, 0.2) is 72.8 Å². The lowest BCUT2D eigenvalue weighted by Crippen LogP contribution is -2.56. The van der Waals surface area contributed by atoms with Crippen molar-refractivity contribution in [1.29, 1.82) is 0 Å². The minimum atomic E-state index is -1.32. The zero-order valence-corrected chi connectivity index (χ0v) is 24.9. The number of amides is 4. The predicted molar refractivity (Wildman–Crippen MR) is 159 cm³/mol. The molecule has 0 fully saturated rings. The van der Waals surface area contributed by atoms with Gasteiger partial charge in [-0.2, -0.15) is 0 Å². The van der Waals surface area contributed by atoms with Gasteiger partial charge in [0.2, 0.25) is 23.6 Å². The van der Waals surface area contributed by atoms with Crippen molar-refractivity contribution in [3.63, 3.8) is 0 Å². The van der Waals surface area contributed by atoms with Crippen molar-refractivity contribution in [2.45, 2.75) is 70.6 Å². The number of rotatable bonds is 13. The Morgan fingerprint density at radius 2 is 1.39 bits per heavy atom. The van der Waals surface area contributed by atoms with Crippen molar-refractivity contribution < 1.29 is 32.3 Å². The number of hydrogen-bond donors (Lipinski definition) is 4. The van der Waals surface area contributed by atoms with Gasteiger partial charge in [0, 0.05) is 36.6 Å². The molecule has 11 heteroatoms. The van der Waals surface area contributed by atoms with Crippen LogP contribution in [-0.2, 0) is 38.6 Å². The molecule has 3 aromatic rings. The van der Waals surface area contributed by atoms with E-state index in [2.05, 4.69) is 21.3 Å². The molecule has 0 saturated carbocycles. The van der Waals surface area contributed by atoms with Crippen LogP contribution in [0.25, 0.3) is 0 Å². The number of carbonyl (C=O) groups excluding carboxylic acids is 4. The van der Waals surface area contributed by atoms with Gasteiger partial charge >= 0.3 is 0 Å². The van der Waals surface area contributed by atoms with Crippen molar-refractivity contribution in [3.05, 3.63) is 107 Å². The number of benzene rings is 3. The predicted octanol–water partition coefficient (Wildman–Crippen LogP) is 3.87. The van der Waals surface area contributed by atoms with E-state index in [1.807, 2.05) is 30.3 Å². The van der Waals surface area contributed by atoms with Crippen molar-refractivity contribution in [3.8, 4) is 0 Å². The summed E-state index contributed by atoms with van der Waals surface area (Å²) in [5.74, 6) is -4.58. The molecule has 2 atom stereocenters. The zero-order valence-electron chi connectivity index (χ0n) is 24.9. The van der Waals surface area contributed by atoms with Crippen molar-refractivity contribution >= 4 is 23.6 Å². The lowest BCUT2D eigenvalue weighted by Gasteiger charge is -2.25. The van der Waals surface area contributed by atoms with Gasteiger partial charge in [0.25, 0.3) is 0 Å². The summed E-state index contributed by atoms with van der Waals surface area (Å²) in [6.07, 6.45) is -0.0133. The van der Waals surface area contributed by atoms with Crippen LogP contribution < -0.4 is 21.3 Å². The summed E-state index contributed by atoms with van der Waals surface area (Å²) in [5, 5.41) is 10.5. The third-order valence-corrected chi connectivity index (χ3v) is 6.49. The van der Waals surface area contributed by atoms with E-state index < -0.39 is 65.1 Å². The number of halogens is 3. The summed E-state index contributed by atoms with van der Waals surface area (Å²) in [7, 11) is 0. The molecule has 8 nitrogen and oxygen atoms in total. The fourth-order valence-corrected chi connectivity index (χ4v) is 4.34. The topological polar surface area (TPSA) is 116 Å². The molecule has 3 aromatic carbocycles. The third-order valence-electron chi connectivity index (χ3n) is 6.49. The summed E-state index contributed by atoms with van der Waals surface area (Å²) in [5.41, 5.74) is 0.848. The van der Waals surface area contributed by atoms with Crippen LogP contribution >= 0.6 is 0 Å². The summed E-state index contributed by atoms with van der Waals surface area (Å²) < 4.78 is 41.0. The molecule has 0 aliphatic carbocycles. The van der Waals surface area contributed by atoms with Crippen molar-refractivity contribution in [2.75, 3.05) is 0 Å².